The maximum atomic E-state index is 13.9. The summed E-state index contributed by atoms with van der Waals surface area (Å²) in [7, 11) is -4.56. The molecule has 16 nitrogen and oxygen atoms in total. The summed E-state index contributed by atoms with van der Waals surface area (Å²) < 4.78 is 36.6. The fourth-order valence-electron chi connectivity index (χ4n) is 3.56. The van der Waals surface area contributed by atoms with Crippen LogP contribution in [0.5, 0.6) is 5.75 Å². The number of para-hydroxylation sites is 1. The first-order chi connectivity index (χ1) is 18.2. The van der Waals surface area contributed by atoms with Crippen LogP contribution in [0.15, 0.2) is 57.3 Å². The molecule has 1 aliphatic heterocycles. The van der Waals surface area contributed by atoms with Gasteiger partial charge in [0, 0.05) is 17.2 Å². The molecule has 1 fully saturated rings. The molecular weight excluding hydrogens is 539 g/mol. The second-order valence-corrected chi connectivity index (χ2v) is 11.0. The number of hydrogen-bond donors (Lipinski definition) is 4. The van der Waals surface area contributed by atoms with Crippen molar-refractivity contribution in [2.24, 2.45) is 5.11 Å². The number of aromatic amines is 1. The van der Waals surface area contributed by atoms with E-state index in [9.17, 15) is 34.7 Å². The lowest BCUT2D eigenvalue weighted by atomic mass is 10.1. The van der Waals surface area contributed by atoms with E-state index in [2.05, 4.69) is 15.1 Å². The van der Waals surface area contributed by atoms with Crippen LogP contribution in [0.25, 0.3) is 10.4 Å². The van der Waals surface area contributed by atoms with Crippen LogP contribution in [0.3, 0.4) is 0 Å². The lowest BCUT2D eigenvalue weighted by Crippen LogP contribution is -2.49. The summed E-state index contributed by atoms with van der Waals surface area (Å²) in [5.74, 6) is -0.711. The zero-order valence-corrected chi connectivity index (χ0v) is 22.3. The predicted molar refractivity (Wildman–Crippen MR) is 134 cm³/mol. The average molecular weight is 568 g/mol. The van der Waals surface area contributed by atoms with Gasteiger partial charge in [-0.25, -0.2) is 9.36 Å². The maximum absolute atomic E-state index is 13.9. The molecule has 2 aromatic rings. The first-order valence-electron chi connectivity index (χ1n) is 11.6. The van der Waals surface area contributed by atoms with Gasteiger partial charge in [-0.1, -0.05) is 23.3 Å². The minimum Gasteiger partial charge on any atom is -0.462 e. The van der Waals surface area contributed by atoms with Crippen molar-refractivity contribution in [3.8, 4) is 5.75 Å². The van der Waals surface area contributed by atoms with Gasteiger partial charge in [-0.05, 0) is 45.4 Å². The number of aromatic nitrogens is 2. The number of H-pyrrole nitrogens is 1. The summed E-state index contributed by atoms with van der Waals surface area (Å²) in [4.78, 5) is 40.9. The molecule has 0 aliphatic carbocycles. The Kier molecular flexibility index (Phi) is 9.03. The summed E-state index contributed by atoms with van der Waals surface area (Å²) in [6.45, 7) is 5.02. The smallest absolute Gasteiger partial charge is 0.459 e. The molecule has 39 heavy (non-hydrogen) atoms. The number of benzene rings is 1. The average Bonchev–Trinajstić information content (AvgIpc) is 3.08. The van der Waals surface area contributed by atoms with Crippen molar-refractivity contribution in [1.29, 1.82) is 0 Å². The number of rotatable bonds is 11. The molecule has 1 aromatic carbocycles. The van der Waals surface area contributed by atoms with E-state index < -0.39 is 67.4 Å². The van der Waals surface area contributed by atoms with Gasteiger partial charge in [0.05, 0.1) is 12.7 Å². The zero-order valence-electron chi connectivity index (χ0n) is 21.5. The van der Waals surface area contributed by atoms with Gasteiger partial charge in [0.25, 0.3) is 5.56 Å². The van der Waals surface area contributed by atoms with Crippen molar-refractivity contribution in [3.63, 3.8) is 0 Å². The summed E-state index contributed by atoms with van der Waals surface area (Å²) in [5, 5.41) is 27.4. The minimum atomic E-state index is -4.56. The first kappa shape index (κ1) is 30.1. The fourth-order valence-corrected chi connectivity index (χ4v) is 5.25. The second-order valence-electron chi connectivity index (χ2n) is 9.36. The molecule has 0 bridgehead atoms. The zero-order chi connectivity index (χ0) is 29.0. The SMILES string of the molecule is CC(C)OC(=O)C(C)(C)NP(=O)(OC[C@@]1(N=[N+]=[N-])O[C@@H](n2ccc(=O)[nH]c2=O)[C@H](O)[C@@H]1O)Oc1ccccc1. The molecule has 0 amide bonds. The Balaban J connectivity index is 1.95. The van der Waals surface area contributed by atoms with E-state index in [1.165, 1.54) is 26.0 Å². The largest absolute Gasteiger partial charge is 0.462 e. The molecule has 5 atom stereocenters. The number of nitrogens with zero attached hydrogens (tertiary/aromatic N) is 4. The van der Waals surface area contributed by atoms with Crippen molar-refractivity contribution in [2.45, 2.75) is 63.5 Å². The van der Waals surface area contributed by atoms with Crippen molar-refractivity contribution in [3.05, 3.63) is 73.9 Å². The Morgan fingerprint density at radius 3 is 2.56 bits per heavy atom. The lowest BCUT2D eigenvalue weighted by Gasteiger charge is -2.32. The van der Waals surface area contributed by atoms with Crippen LogP contribution in [0.2, 0.25) is 0 Å². The number of carbonyl (C=O) groups is 1. The number of carbonyl (C=O) groups excluding carboxylic acids is 1. The monoisotopic (exact) mass is 568 g/mol. The van der Waals surface area contributed by atoms with E-state index in [0.717, 1.165) is 16.8 Å². The highest BCUT2D eigenvalue weighted by Crippen LogP contribution is 2.49. The Morgan fingerprint density at radius 2 is 1.97 bits per heavy atom. The number of esters is 1. The molecule has 1 unspecified atom stereocenters. The van der Waals surface area contributed by atoms with Gasteiger partial charge in [-0.2, -0.15) is 5.09 Å². The molecule has 17 heteroatoms. The van der Waals surface area contributed by atoms with Crippen molar-refractivity contribution in [1.82, 2.24) is 14.6 Å². The molecule has 3 rings (SSSR count). The third kappa shape index (κ3) is 6.94. The molecule has 0 spiro atoms. The first-order valence-corrected chi connectivity index (χ1v) is 13.2. The number of aliphatic hydroxyl groups is 2. The Hall–Kier alpha value is -3.49. The Morgan fingerprint density at radius 1 is 1.31 bits per heavy atom. The summed E-state index contributed by atoms with van der Waals surface area (Å²) in [6, 6.07) is 8.75. The van der Waals surface area contributed by atoms with Crippen molar-refractivity contribution < 1.29 is 38.1 Å². The standard InChI is InChI=1S/C22H29N6O10P/c1-13(2)36-19(32)21(3,4)26-39(34,38-14-8-6-5-7-9-14)35-12-22(25-27-23)17(31)16(30)18(37-22)28-11-10-15(29)24-20(28)33/h5-11,13,16-18,30-31H,12H2,1-4H3,(H,26,34)(H,24,29,33)/t16-,17+,18-,22-,39?/m1/s1. The number of nitrogens with one attached hydrogen (secondary N) is 2. The van der Waals surface area contributed by atoms with Gasteiger partial charge < -0.3 is 24.2 Å². The molecule has 212 valence electrons. The van der Waals surface area contributed by atoms with Crippen LogP contribution < -0.4 is 20.9 Å². The molecule has 1 saturated heterocycles. The Bertz CT molecular complexity index is 1390. The third-order valence-electron chi connectivity index (χ3n) is 5.42. The van der Waals surface area contributed by atoms with E-state index >= 15 is 0 Å². The van der Waals surface area contributed by atoms with Gasteiger partial charge in [0.1, 0.15) is 23.5 Å². The quantitative estimate of drug-likeness (QED) is 0.0993. The maximum Gasteiger partial charge on any atom is 0.459 e. The van der Waals surface area contributed by atoms with Gasteiger partial charge in [0.15, 0.2) is 6.23 Å². The predicted octanol–water partition coefficient (Wildman–Crippen LogP) is 1.32. The molecular formula is C22H29N6O10P. The highest BCUT2D eigenvalue weighted by molar-refractivity contribution is 7.52. The van der Waals surface area contributed by atoms with E-state index in [-0.39, 0.29) is 5.75 Å². The number of hydrogen-bond acceptors (Lipinski definition) is 11. The second kappa shape index (κ2) is 11.7. The van der Waals surface area contributed by atoms with Gasteiger partial charge >= 0.3 is 19.4 Å². The number of azide groups is 1. The van der Waals surface area contributed by atoms with Crippen molar-refractivity contribution in [2.75, 3.05) is 6.61 Å². The van der Waals surface area contributed by atoms with Crippen LogP contribution >= 0.6 is 7.75 Å². The molecule has 1 aliphatic rings. The summed E-state index contributed by atoms with van der Waals surface area (Å²) in [5.41, 5.74) is 3.43. The lowest BCUT2D eigenvalue weighted by molar-refractivity contribution is -0.153. The molecule has 0 radical (unpaired) electrons. The molecule has 2 heterocycles. The molecule has 4 N–H and O–H groups in total. The van der Waals surface area contributed by atoms with E-state index in [1.54, 1.807) is 32.0 Å². The van der Waals surface area contributed by atoms with Crippen molar-refractivity contribution >= 4 is 13.7 Å². The normalized spacial score (nSPS) is 24.5. The van der Waals surface area contributed by atoms with Crippen LogP contribution in [-0.2, 0) is 23.4 Å². The fraction of sp³-hybridized carbons (Fsp3) is 0.500. The summed E-state index contributed by atoms with van der Waals surface area (Å²) >= 11 is 0. The van der Waals surface area contributed by atoms with Crippen LogP contribution in [0.4, 0.5) is 0 Å². The van der Waals surface area contributed by atoms with Crippen LogP contribution in [-0.4, -0.2) is 61.9 Å². The third-order valence-corrected chi connectivity index (χ3v) is 7.17. The summed E-state index contributed by atoms with van der Waals surface area (Å²) in [6.07, 6.45) is -4.98. The van der Waals surface area contributed by atoms with Crippen LogP contribution in [0, 0.1) is 0 Å². The number of ether oxygens (including phenoxy) is 2. The highest BCUT2D eigenvalue weighted by atomic mass is 31.2. The molecule has 0 saturated carbocycles. The highest BCUT2D eigenvalue weighted by Gasteiger charge is 2.56. The Labute approximate surface area is 221 Å². The van der Waals surface area contributed by atoms with Crippen LogP contribution in [0.1, 0.15) is 33.9 Å². The topological polar surface area (TPSA) is 227 Å². The minimum absolute atomic E-state index is 0.0739. The van der Waals surface area contributed by atoms with E-state index in [1.807, 2.05) is 4.98 Å². The van der Waals surface area contributed by atoms with Gasteiger partial charge in [-0.3, -0.25) is 23.7 Å². The van der Waals surface area contributed by atoms with E-state index in [0.29, 0.717) is 0 Å². The van der Waals surface area contributed by atoms with Gasteiger partial charge in [0.2, 0.25) is 5.72 Å². The number of aliphatic hydroxyl groups excluding tert-OH is 2. The van der Waals surface area contributed by atoms with Gasteiger partial charge in [-0.15, -0.1) is 0 Å². The van der Waals surface area contributed by atoms with E-state index in [4.69, 9.17) is 18.5 Å². The molecule has 1 aromatic heterocycles.